The molecule has 2 aliphatic rings. The van der Waals surface area contributed by atoms with E-state index in [0.717, 1.165) is 44.2 Å². The molecular formula is C15H21NO2. The first-order chi connectivity index (χ1) is 8.84. The van der Waals surface area contributed by atoms with Gasteiger partial charge in [-0.15, -0.1) is 0 Å². The lowest BCUT2D eigenvalue weighted by atomic mass is 9.82. The highest BCUT2D eigenvalue weighted by Gasteiger charge is 2.24. The first-order valence-electron chi connectivity index (χ1n) is 6.95. The van der Waals surface area contributed by atoms with E-state index < -0.39 is 0 Å². The van der Waals surface area contributed by atoms with Crippen LogP contribution in [0.25, 0.3) is 0 Å². The molecule has 0 spiro atoms. The molecule has 0 amide bonds. The van der Waals surface area contributed by atoms with E-state index in [4.69, 9.17) is 9.47 Å². The van der Waals surface area contributed by atoms with Crippen molar-refractivity contribution in [2.45, 2.75) is 25.7 Å². The molecule has 3 rings (SSSR count). The summed E-state index contributed by atoms with van der Waals surface area (Å²) in [7, 11) is 0. The van der Waals surface area contributed by atoms with Crippen molar-refractivity contribution in [1.29, 1.82) is 0 Å². The van der Waals surface area contributed by atoms with Crippen molar-refractivity contribution in [2.24, 2.45) is 5.92 Å². The number of hydrogen-bond donors (Lipinski definition) is 1. The van der Waals surface area contributed by atoms with Gasteiger partial charge in [0, 0.05) is 6.42 Å². The summed E-state index contributed by atoms with van der Waals surface area (Å²) >= 11 is 0. The van der Waals surface area contributed by atoms with E-state index in [-0.39, 0.29) is 0 Å². The highest BCUT2D eigenvalue weighted by atomic mass is 16.5. The molecule has 0 radical (unpaired) electrons. The molecule has 0 aromatic heterocycles. The second-order valence-electron chi connectivity index (χ2n) is 5.33. The van der Waals surface area contributed by atoms with E-state index in [9.17, 15) is 0 Å². The summed E-state index contributed by atoms with van der Waals surface area (Å²) in [4.78, 5) is 0. The Bertz CT molecular complexity index is 419. The topological polar surface area (TPSA) is 30.5 Å². The SMILES string of the molecule is CC1CNCCC1c1ccc2c(c1)OCCCO2. The van der Waals surface area contributed by atoms with Gasteiger partial charge in [-0.1, -0.05) is 13.0 Å². The molecule has 2 heterocycles. The van der Waals surface area contributed by atoms with Crippen molar-refractivity contribution in [2.75, 3.05) is 26.3 Å². The van der Waals surface area contributed by atoms with Gasteiger partial charge < -0.3 is 14.8 Å². The van der Waals surface area contributed by atoms with Gasteiger partial charge in [-0.2, -0.15) is 0 Å². The van der Waals surface area contributed by atoms with E-state index in [1.807, 2.05) is 0 Å². The molecule has 2 unspecified atom stereocenters. The Morgan fingerprint density at radius 2 is 2.00 bits per heavy atom. The Morgan fingerprint density at radius 3 is 2.83 bits per heavy atom. The lowest BCUT2D eigenvalue weighted by molar-refractivity contribution is 0.296. The lowest BCUT2D eigenvalue weighted by Crippen LogP contribution is -2.33. The molecule has 0 bridgehead atoms. The summed E-state index contributed by atoms with van der Waals surface area (Å²) in [6.45, 7) is 6.07. The molecule has 0 aliphatic carbocycles. The molecule has 3 heteroatoms. The zero-order valence-corrected chi connectivity index (χ0v) is 10.9. The summed E-state index contributed by atoms with van der Waals surface area (Å²) in [5.74, 6) is 3.15. The van der Waals surface area contributed by atoms with Crippen LogP contribution in [0.2, 0.25) is 0 Å². The Balaban J connectivity index is 1.86. The number of nitrogens with one attached hydrogen (secondary N) is 1. The van der Waals surface area contributed by atoms with Crippen molar-refractivity contribution >= 4 is 0 Å². The van der Waals surface area contributed by atoms with Crippen molar-refractivity contribution < 1.29 is 9.47 Å². The molecule has 1 aromatic carbocycles. The third-order valence-electron chi connectivity index (χ3n) is 3.99. The van der Waals surface area contributed by atoms with Crippen molar-refractivity contribution in [3.05, 3.63) is 23.8 Å². The maximum absolute atomic E-state index is 5.77. The van der Waals surface area contributed by atoms with Gasteiger partial charge >= 0.3 is 0 Å². The molecular weight excluding hydrogens is 226 g/mol. The van der Waals surface area contributed by atoms with Crippen molar-refractivity contribution in [3.63, 3.8) is 0 Å². The number of fused-ring (bicyclic) bond motifs is 1. The molecule has 0 saturated carbocycles. The van der Waals surface area contributed by atoms with Gasteiger partial charge in [-0.05, 0) is 49.0 Å². The fraction of sp³-hybridized carbons (Fsp3) is 0.600. The predicted molar refractivity (Wildman–Crippen MR) is 71.4 cm³/mol. The van der Waals surface area contributed by atoms with E-state index in [1.165, 1.54) is 12.0 Å². The first-order valence-corrected chi connectivity index (χ1v) is 6.95. The lowest BCUT2D eigenvalue weighted by Gasteiger charge is -2.30. The summed E-state index contributed by atoms with van der Waals surface area (Å²) in [6, 6.07) is 6.47. The van der Waals surface area contributed by atoms with Gasteiger partial charge in [0.15, 0.2) is 11.5 Å². The molecule has 3 nitrogen and oxygen atoms in total. The van der Waals surface area contributed by atoms with Crippen LogP contribution < -0.4 is 14.8 Å². The average molecular weight is 247 g/mol. The maximum atomic E-state index is 5.77. The first kappa shape index (κ1) is 11.8. The minimum Gasteiger partial charge on any atom is -0.490 e. The van der Waals surface area contributed by atoms with Crippen LogP contribution in [0, 0.1) is 5.92 Å². The molecule has 1 aromatic rings. The number of ether oxygens (including phenoxy) is 2. The number of hydrogen-bond acceptors (Lipinski definition) is 3. The smallest absolute Gasteiger partial charge is 0.161 e. The van der Waals surface area contributed by atoms with Crippen molar-refractivity contribution in [3.8, 4) is 11.5 Å². The van der Waals surface area contributed by atoms with Crippen LogP contribution in [0.15, 0.2) is 18.2 Å². The molecule has 2 atom stereocenters. The summed E-state index contributed by atoms with van der Waals surface area (Å²) < 4.78 is 11.5. The number of rotatable bonds is 1. The average Bonchev–Trinajstić information content (AvgIpc) is 2.63. The maximum Gasteiger partial charge on any atom is 0.161 e. The van der Waals surface area contributed by atoms with Gasteiger partial charge in [0.2, 0.25) is 0 Å². The fourth-order valence-corrected chi connectivity index (χ4v) is 2.92. The monoisotopic (exact) mass is 247 g/mol. The van der Waals surface area contributed by atoms with E-state index in [0.29, 0.717) is 11.8 Å². The third-order valence-corrected chi connectivity index (χ3v) is 3.99. The van der Waals surface area contributed by atoms with Gasteiger partial charge in [0.1, 0.15) is 0 Å². The van der Waals surface area contributed by atoms with Crippen LogP contribution >= 0.6 is 0 Å². The van der Waals surface area contributed by atoms with E-state index in [1.54, 1.807) is 0 Å². The van der Waals surface area contributed by atoms with Gasteiger partial charge in [-0.3, -0.25) is 0 Å². The largest absolute Gasteiger partial charge is 0.490 e. The zero-order valence-electron chi connectivity index (χ0n) is 10.9. The van der Waals surface area contributed by atoms with E-state index >= 15 is 0 Å². The van der Waals surface area contributed by atoms with Crippen LogP contribution in [-0.4, -0.2) is 26.3 Å². The number of piperidine rings is 1. The third kappa shape index (κ3) is 2.32. The zero-order chi connectivity index (χ0) is 12.4. The second-order valence-corrected chi connectivity index (χ2v) is 5.33. The number of benzene rings is 1. The van der Waals surface area contributed by atoms with Gasteiger partial charge in [0.25, 0.3) is 0 Å². The Kier molecular flexibility index (Phi) is 3.41. The Labute approximate surface area is 108 Å². The molecule has 1 N–H and O–H groups in total. The molecule has 1 fully saturated rings. The van der Waals surface area contributed by atoms with Crippen LogP contribution in [-0.2, 0) is 0 Å². The molecule has 98 valence electrons. The minimum atomic E-state index is 0.642. The fourth-order valence-electron chi connectivity index (χ4n) is 2.92. The highest BCUT2D eigenvalue weighted by Crippen LogP contribution is 2.36. The van der Waals surface area contributed by atoms with Gasteiger partial charge in [-0.25, -0.2) is 0 Å². The molecule has 2 aliphatic heterocycles. The standard InChI is InChI=1S/C15H21NO2/c1-11-10-16-6-5-13(11)12-3-4-14-15(9-12)18-8-2-7-17-14/h3-4,9,11,13,16H,2,5-8,10H2,1H3. The Morgan fingerprint density at radius 1 is 1.17 bits per heavy atom. The van der Waals surface area contributed by atoms with Crippen LogP contribution in [0.3, 0.4) is 0 Å². The summed E-state index contributed by atoms with van der Waals surface area (Å²) in [5, 5.41) is 3.45. The predicted octanol–water partition coefficient (Wildman–Crippen LogP) is 2.56. The summed E-state index contributed by atoms with van der Waals surface area (Å²) in [6.07, 6.45) is 2.18. The second kappa shape index (κ2) is 5.19. The quantitative estimate of drug-likeness (QED) is 0.827. The van der Waals surface area contributed by atoms with Crippen LogP contribution in [0.5, 0.6) is 11.5 Å². The molecule has 1 saturated heterocycles. The summed E-state index contributed by atoms with van der Waals surface area (Å²) in [5.41, 5.74) is 1.40. The van der Waals surface area contributed by atoms with E-state index in [2.05, 4.69) is 30.4 Å². The Hall–Kier alpha value is -1.22. The molecule has 18 heavy (non-hydrogen) atoms. The van der Waals surface area contributed by atoms with Crippen LogP contribution in [0.1, 0.15) is 31.2 Å². The van der Waals surface area contributed by atoms with Gasteiger partial charge in [0.05, 0.1) is 13.2 Å². The highest BCUT2D eigenvalue weighted by molar-refractivity contribution is 5.44. The van der Waals surface area contributed by atoms with Crippen LogP contribution in [0.4, 0.5) is 0 Å². The normalized spacial score (nSPS) is 27.6. The van der Waals surface area contributed by atoms with Crippen molar-refractivity contribution in [1.82, 2.24) is 5.32 Å². The minimum absolute atomic E-state index is 0.642.